The van der Waals surface area contributed by atoms with Crippen LogP contribution in [0.1, 0.15) is 6.92 Å². The summed E-state index contributed by atoms with van der Waals surface area (Å²) in [5, 5.41) is 8.05. The van der Waals surface area contributed by atoms with Crippen molar-refractivity contribution in [3.05, 3.63) is 0 Å². The molecule has 8 heteroatoms. The number of ether oxygens (including phenoxy) is 1. The van der Waals surface area contributed by atoms with E-state index in [2.05, 4.69) is 4.74 Å². The minimum atomic E-state index is -5.79. The third kappa shape index (κ3) is 2.79. The molecular weight excluding hydrogens is 215 g/mol. The van der Waals surface area contributed by atoms with Crippen LogP contribution in [0.15, 0.2) is 0 Å². The maximum atomic E-state index is 12.3. The largest absolute Gasteiger partial charge is 0.457 e. The van der Waals surface area contributed by atoms with Crippen LogP contribution in [0.25, 0.3) is 0 Å². The van der Waals surface area contributed by atoms with Gasteiger partial charge in [-0.3, -0.25) is 0 Å². The van der Waals surface area contributed by atoms with Gasteiger partial charge in [0.1, 0.15) is 6.61 Å². The third-order valence-corrected chi connectivity index (χ3v) is 1.33. The van der Waals surface area contributed by atoms with E-state index in [9.17, 15) is 26.7 Å². The number of esters is 1. The Morgan fingerprint density at radius 1 is 1.36 bits per heavy atom. The van der Waals surface area contributed by atoms with Crippen LogP contribution in [0.2, 0.25) is 0 Å². The molecule has 0 aromatic heterocycles. The molecule has 0 rings (SSSR count). The molecule has 0 aromatic rings. The van der Waals surface area contributed by atoms with E-state index in [-0.39, 0.29) is 0 Å². The molecule has 0 fully saturated rings. The van der Waals surface area contributed by atoms with E-state index in [4.69, 9.17) is 5.11 Å². The van der Waals surface area contributed by atoms with Crippen molar-refractivity contribution < 1.29 is 36.6 Å². The van der Waals surface area contributed by atoms with Crippen LogP contribution < -0.4 is 0 Å². The van der Waals surface area contributed by atoms with Gasteiger partial charge in [0.25, 0.3) is 0 Å². The number of carbonyl (C=O) groups is 1. The monoisotopic (exact) mass is 222 g/mol. The van der Waals surface area contributed by atoms with Crippen molar-refractivity contribution in [2.24, 2.45) is 0 Å². The summed E-state index contributed by atoms with van der Waals surface area (Å²) in [5.41, 5.74) is 0. The van der Waals surface area contributed by atoms with E-state index in [1.54, 1.807) is 0 Å². The second-order valence-electron chi connectivity index (χ2n) is 2.41. The fourth-order valence-corrected chi connectivity index (χ4v) is 0.539. The first-order chi connectivity index (χ1) is 6.13. The highest BCUT2D eigenvalue weighted by atomic mass is 19.4. The van der Waals surface area contributed by atoms with Gasteiger partial charge in [0, 0.05) is 0 Å². The number of aliphatic hydroxyl groups is 1. The van der Waals surface area contributed by atoms with Crippen molar-refractivity contribution in [3.63, 3.8) is 0 Å². The van der Waals surface area contributed by atoms with Gasteiger partial charge in [0.2, 0.25) is 0 Å². The van der Waals surface area contributed by atoms with E-state index in [1.165, 1.54) is 0 Å². The number of aliphatic hydroxyl groups excluding tert-OH is 1. The lowest BCUT2D eigenvalue weighted by Crippen LogP contribution is -2.47. The Balaban J connectivity index is 4.51. The van der Waals surface area contributed by atoms with Crippen LogP contribution in [0.5, 0.6) is 0 Å². The number of hydrogen-bond donors (Lipinski definition) is 1. The quantitative estimate of drug-likeness (QED) is 0.574. The summed E-state index contributed by atoms with van der Waals surface area (Å²) in [4.78, 5) is 10.2. The van der Waals surface area contributed by atoms with E-state index < -0.39 is 30.8 Å². The van der Waals surface area contributed by atoms with Gasteiger partial charge in [0.15, 0.2) is 6.10 Å². The van der Waals surface area contributed by atoms with Crippen LogP contribution in [-0.2, 0) is 9.53 Å². The molecule has 0 radical (unpaired) electrons. The fraction of sp³-hybridized carbons (Fsp3) is 0.833. The van der Waals surface area contributed by atoms with Crippen LogP contribution >= 0.6 is 0 Å². The molecule has 0 saturated heterocycles. The first kappa shape index (κ1) is 13.1. The normalized spacial score (nSPS) is 15.1. The van der Waals surface area contributed by atoms with Crippen LogP contribution in [0.4, 0.5) is 22.0 Å². The Bertz CT molecular complexity index is 212. The van der Waals surface area contributed by atoms with Gasteiger partial charge >= 0.3 is 18.1 Å². The average molecular weight is 222 g/mol. The lowest BCUT2D eigenvalue weighted by molar-refractivity contribution is -0.312. The second-order valence-corrected chi connectivity index (χ2v) is 2.41. The average Bonchev–Trinajstić information content (AvgIpc) is 2.01. The first-order valence-electron chi connectivity index (χ1n) is 3.37. The van der Waals surface area contributed by atoms with E-state index in [0.717, 1.165) is 0 Å². The Morgan fingerprint density at radius 3 is 2.07 bits per heavy atom. The lowest BCUT2D eigenvalue weighted by atomic mass is 10.2. The van der Waals surface area contributed by atoms with E-state index in [1.807, 2.05) is 0 Å². The van der Waals surface area contributed by atoms with Gasteiger partial charge < -0.3 is 9.84 Å². The Hall–Kier alpha value is -0.920. The van der Waals surface area contributed by atoms with Crippen molar-refractivity contribution in [1.82, 2.24) is 0 Å². The number of carbonyl (C=O) groups excluding carboxylic acids is 1. The van der Waals surface area contributed by atoms with Gasteiger partial charge in [-0.05, 0) is 6.92 Å². The van der Waals surface area contributed by atoms with Crippen LogP contribution in [-0.4, -0.2) is 35.9 Å². The van der Waals surface area contributed by atoms with Crippen molar-refractivity contribution in [2.45, 2.75) is 25.1 Å². The molecule has 0 bridgehead atoms. The Kier molecular flexibility index (Phi) is 3.81. The van der Waals surface area contributed by atoms with Gasteiger partial charge in [-0.1, -0.05) is 0 Å². The fourth-order valence-electron chi connectivity index (χ4n) is 0.539. The molecule has 3 nitrogen and oxygen atoms in total. The van der Waals surface area contributed by atoms with Crippen LogP contribution in [0.3, 0.4) is 0 Å². The first-order valence-corrected chi connectivity index (χ1v) is 3.37. The Labute approximate surface area is 75.5 Å². The molecule has 0 aliphatic heterocycles. The van der Waals surface area contributed by atoms with Gasteiger partial charge in [0.05, 0.1) is 0 Å². The molecule has 1 atom stereocenters. The van der Waals surface area contributed by atoms with E-state index in [0.29, 0.717) is 6.92 Å². The minimum absolute atomic E-state index is 0.390. The molecule has 0 saturated carbocycles. The Morgan fingerprint density at radius 2 is 1.79 bits per heavy atom. The zero-order valence-electron chi connectivity index (χ0n) is 6.94. The number of rotatable bonds is 3. The zero-order valence-corrected chi connectivity index (χ0v) is 6.94. The number of alkyl halides is 5. The lowest BCUT2D eigenvalue weighted by Gasteiger charge is -2.25. The molecule has 1 unspecified atom stereocenters. The minimum Gasteiger partial charge on any atom is -0.454 e. The highest BCUT2D eigenvalue weighted by Crippen LogP contribution is 2.39. The summed E-state index contributed by atoms with van der Waals surface area (Å²) in [6.07, 6.45) is -8.45. The van der Waals surface area contributed by atoms with Crippen LogP contribution in [0, 0.1) is 0 Å². The third-order valence-electron chi connectivity index (χ3n) is 1.33. The summed E-state index contributed by atoms with van der Waals surface area (Å²) in [6, 6.07) is 0. The van der Waals surface area contributed by atoms with Crippen molar-refractivity contribution in [3.8, 4) is 0 Å². The molecule has 0 amide bonds. The molecule has 0 spiro atoms. The maximum Gasteiger partial charge on any atom is 0.457 e. The summed E-state index contributed by atoms with van der Waals surface area (Å²) in [7, 11) is 0. The number of hydrogen-bond acceptors (Lipinski definition) is 3. The maximum absolute atomic E-state index is 12.3. The molecular formula is C6H7F5O3. The van der Waals surface area contributed by atoms with Gasteiger partial charge in [-0.15, -0.1) is 0 Å². The predicted molar refractivity (Wildman–Crippen MR) is 33.6 cm³/mol. The topological polar surface area (TPSA) is 46.5 Å². The van der Waals surface area contributed by atoms with Crippen molar-refractivity contribution >= 4 is 5.97 Å². The summed E-state index contributed by atoms with van der Waals surface area (Å²) in [6.45, 7) is -0.862. The second kappa shape index (κ2) is 4.07. The molecule has 14 heavy (non-hydrogen) atoms. The number of halogens is 5. The van der Waals surface area contributed by atoms with Crippen molar-refractivity contribution in [2.75, 3.05) is 6.61 Å². The summed E-state index contributed by atoms with van der Waals surface area (Å²) >= 11 is 0. The molecule has 84 valence electrons. The molecule has 0 heterocycles. The van der Waals surface area contributed by atoms with Gasteiger partial charge in [-0.25, -0.2) is 4.79 Å². The molecule has 0 aromatic carbocycles. The highest BCUT2D eigenvalue weighted by molar-refractivity contribution is 5.70. The molecule has 0 aliphatic rings. The molecule has 0 aliphatic carbocycles. The smallest absolute Gasteiger partial charge is 0.454 e. The SMILES string of the molecule is CC(OC(=O)CO)C(F)(F)C(F)(F)F. The summed E-state index contributed by atoms with van der Waals surface area (Å²) < 4.78 is 63.2. The summed E-state index contributed by atoms with van der Waals surface area (Å²) in [5.74, 6) is -6.67. The van der Waals surface area contributed by atoms with Crippen molar-refractivity contribution in [1.29, 1.82) is 0 Å². The zero-order chi connectivity index (χ0) is 11.6. The highest BCUT2D eigenvalue weighted by Gasteiger charge is 2.62. The molecule has 1 N–H and O–H groups in total. The van der Waals surface area contributed by atoms with E-state index >= 15 is 0 Å². The standard InChI is InChI=1S/C6H7F5O3/c1-3(14-4(13)2-12)5(7,8)6(9,10)11/h3,12H,2H2,1H3. The predicted octanol–water partition coefficient (Wildman–Crippen LogP) is 1.11. The van der Waals surface area contributed by atoms with Gasteiger partial charge in [-0.2, -0.15) is 22.0 Å².